The van der Waals surface area contributed by atoms with Gasteiger partial charge in [0.25, 0.3) is 0 Å². The number of aryl methyl sites for hydroxylation is 3. The lowest BCUT2D eigenvalue weighted by Gasteiger charge is -2.14. The van der Waals surface area contributed by atoms with Crippen molar-refractivity contribution in [3.8, 4) is 0 Å². The van der Waals surface area contributed by atoms with Crippen LogP contribution in [0.5, 0.6) is 0 Å². The van der Waals surface area contributed by atoms with Crippen LogP contribution in [0.2, 0.25) is 0 Å². The Bertz CT molecular complexity index is 597. The minimum Gasteiger partial charge on any atom is -0.207 e. The standard InChI is InChI=1S/C16H15ClF2/c1-9-4-5-14(18)13(6-9)15(17)12-7-10(2)16(19)11(3)8-12/h4-8,15H,1-3H3. The Morgan fingerprint density at radius 2 is 1.53 bits per heavy atom. The molecule has 0 aliphatic heterocycles. The zero-order chi connectivity index (χ0) is 14.2. The fourth-order valence-electron chi connectivity index (χ4n) is 2.16. The van der Waals surface area contributed by atoms with E-state index in [1.807, 2.05) is 6.92 Å². The number of rotatable bonds is 2. The van der Waals surface area contributed by atoms with Crippen LogP contribution in [-0.4, -0.2) is 0 Å². The topological polar surface area (TPSA) is 0 Å². The molecule has 2 rings (SSSR count). The quantitative estimate of drug-likeness (QED) is 0.662. The van der Waals surface area contributed by atoms with Crippen LogP contribution in [0.1, 0.15) is 33.2 Å². The molecule has 0 radical (unpaired) electrons. The van der Waals surface area contributed by atoms with E-state index in [9.17, 15) is 8.78 Å². The van der Waals surface area contributed by atoms with Crippen molar-refractivity contribution in [3.05, 3.63) is 69.8 Å². The summed E-state index contributed by atoms with van der Waals surface area (Å²) in [5.74, 6) is -0.581. The minimum atomic E-state index is -0.613. The van der Waals surface area contributed by atoms with Gasteiger partial charge in [-0.1, -0.05) is 29.8 Å². The van der Waals surface area contributed by atoms with Gasteiger partial charge in [0.2, 0.25) is 0 Å². The van der Waals surface area contributed by atoms with E-state index in [0.29, 0.717) is 22.3 Å². The van der Waals surface area contributed by atoms with Gasteiger partial charge in [-0.3, -0.25) is 0 Å². The zero-order valence-corrected chi connectivity index (χ0v) is 11.9. The molecule has 0 aliphatic rings. The predicted molar refractivity (Wildman–Crippen MR) is 74.7 cm³/mol. The van der Waals surface area contributed by atoms with E-state index in [1.54, 1.807) is 38.1 Å². The third kappa shape index (κ3) is 2.79. The summed E-state index contributed by atoms with van der Waals surface area (Å²) < 4.78 is 27.4. The van der Waals surface area contributed by atoms with Crippen molar-refractivity contribution in [2.45, 2.75) is 26.1 Å². The maximum atomic E-state index is 13.8. The van der Waals surface area contributed by atoms with Gasteiger partial charge in [0.15, 0.2) is 0 Å². The highest BCUT2D eigenvalue weighted by Gasteiger charge is 2.17. The molecule has 0 aliphatic carbocycles. The highest BCUT2D eigenvalue weighted by Crippen LogP contribution is 2.32. The van der Waals surface area contributed by atoms with Gasteiger partial charge in [0.05, 0.1) is 5.38 Å². The highest BCUT2D eigenvalue weighted by atomic mass is 35.5. The van der Waals surface area contributed by atoms with Crippen molar-refractivity contribution in [1.29, 1.82) is 0 Å². The summed E-state index contributed by atoms with van der Waals surface area (Å²) in [7, 11) is 0. The summed E-state index contributed by atoms with van der Waals surface area (Å²) in [5, 5.41) is -0.613. The first-order valence-corrected chi connectivity index (χ1v) is 6.50. The van der Waals surface area contributed by atoms with Gasteiger partial charge < -0.3 is 0 Å². The van der Waals surface area contributed by atoms with Crippen molar-refractivity contribution < 1.29 is 8.78 Å². The molecule has 1 atom stereocenters. The molecule has 0 saturated heterocycles. The van der Waals surface area contributed by atoms with Crippen LogP contribution in [0.25, 0.3) is 0 Å². The molecule has 19 heavy (non-hydrogen) atoms. The second kappa shape index (κ2) is 5.30. The normalized spacial score (nSPS) is 12.5. The van der Waals surface area contributed by atoms with Crippen LogP contribution < -0.4 is 0 Å². The molecular weight excluding hydrogens is 266 g/mol. The lowest BCUT2D eigenvalue weighted by molar-refractivity contribution is 0.605. The predicted octanol–water partition coefficient (Wildman–Crippen LogP) is 5.22. The molecule has 0 spiro atoms. The fourth-order valence-corrected chi connectivity index (χ4v) is 2.46. The molecule has 0 bridgehead atoms. The van der Waals surface area contributed by atoms with E-state index < -0.39 is 5.38 Å². The molecule has 0 saturated carbocycles. The number of hydrogen-bond donors (Lipinski definition) is 0. The Morgan fingerprint density at radius 1 is 0.947 bits per heavy atom. The lowest BCUT2D eigenvalue weighted by Crippen LogP contribution is -2.00. The summed E-state index contributed by atoms with van der Waals surface area (Å²) in [6.45, 7) is 5.25. The Balaban J connectivity index is 2.49. The molecule has 0 amide bonds. The maximum absolute atomic E-state index is 13.8. The van der Waals surface area contributed by atoms with Gasteiger partial charge in [0, 0.05) is 5.56 Å². The Morgan fingerprint density at radius 3 is 2.11 bits per heavy atom. The third-order valence-corrected chi connectivity index (χ3v) is 3.66. The molecule has 0 heterocycles. The fraction of sp³-hybridized carbons (Fsp3) is 0.250. The molecule has 3 heteroatoms. The molecule has 0 fully saturated rings. The monoisotopic (exact) mass is 280 g/mol. The molecule has 0 aromatic heterocycles. The minimum absolute atomic E-state index is 0.239. The smallest absolute Gasteiger partial charge is 0.129 e. The lowest BCUT2D eigenvalue weighted by atomic mass is 9.98. The van der Waals surface area contributed by atoms with Crippen LogP contribution in [0.3, 0.4) is 0 Å². The third-order valence-electron chi connectivity index (χ3n) is 3.18. The van der Waals surface area contributed by atoms with Gasteiger partial charge in [-0.25, -0.2) is 8.78 Å². The summed E-state index contributed by atoms with van der Waals surface area (Å²) in [4.78, 5) is 0. The molecule has 1 unspecified atom stereocenters. The van der Waals surface area contributed by atoms with Crippen LogP contribution in [0.4, 0.5) is 8.78 Å². The summed E-state index contributed by atoms with van der Waals surface area (Å²) in [6.07, 6.45) is 0. The second-order valence-corrected chi connectivity index (χ2v) is 5.29. The SMILES string of the molecule is Cc1ccc(F)c(C(Cl)c2cc(C)c(F)c(C)c2)c1. The van der Waals surface area contributed by atoms with E-state index in [0.717, 1.165) is 5.56 Å². The second-order valence-electron chi connectivity index (χ2n) is 4.86. The van der Waals surface area contributed by atoms with Crippen LogP contribution in [0.15, 0.2) is 30.3 Å². The number of benzene rings is 2. The molecule has 2 aromatic carbocycles. The van der Waals surface area contributed by atoms with Crippen LogP contribution in [0, 0.1) is 32.4 Å². The molecular formula is C16H15ClF2. The first-order chi connectivity index (χ1) is 8.90. The van der Waals surface area contributed by atoms with Gasteiger partial charge in [-0.05, 0) is 43.5 Å². The number of hydrogen-bond acceptors (Lipinski definition) is 0. The van der Waals surface area contributed by atoms with Crippen LogP contribution in [-0.2, 0) is 0 Å². The summed E-state index contributed by atoms with van der Waals surface area (Å²) in [6, 6.07) is 8.16. The number of alkyl halides is 1. The first kappa shape index (κ1) is 14.0. The maximum Gasteiger partial charge on any atom is 0.129 e. The van der Waals surface area contributed by atoms with Crippen molar-refractivity contribution in [3.63, 3.8) is 0 Å². The van der Waals surface area contributed by atoms with Crippen molar-refractivity contribution in [2.24, 2.45) is 0 Å². The zero-order valence-electron chi connectivity index (χ0n) is 11.1. The molecule has 2 aromatic rings. The Labute approximate surface area is 117 Å². The van der Waals surface area contributed by atoms with E-state index in [4.69, 9.17) is 11.6 Å². The molecule has 0 nitrogen and oxygen atoms in total. The average molecular weight is 281 g/mol. The molecule has 100 valence electrons. The Kier molecular flexibility index (Phi) is 3.91. The Hall–Kier alpha value is -1.41. The van der Waals surface area contributed by atoms with Gasteiger partial charge in [-0.15, -0.1) is 11.6 Å². The first-order valence-electron chi connectivity index (χ1n) is 6.07. The van der Waals surface area contributed by atoms with Crippen molar-refractivity contribution in [1.82, 2.24) is 0 Å². The largest absolute Gasteiger partial charge is 0.207 e. The van der Waals surface area contributed by atoms with E-state index in [-0.39, 0.29) is 11.6 Å². The van der Waals surface area contributed by atoms with E-state index in [2.05, 4.69) is 0 Å². The average Bonchev–Trinajstić information content (AvgIpc) is 2.37. The highest BCUT2D eigenvalue weighted by molar-refractivity contribution is 6.22. The van der Waals surface area contributed by atoms with E-state index >= 15 is 0 Å². The van der Waals surface area contributed by atoms with Crippen molar-refractivity contribution >= 4 is 11.6 Å². The van der Waals surface area contributed by atoms with Gasteiger partial charge in [0.1, 0.15) is 11.6 Å². The van der Waals surface area contributed by atoms with E-state index in [1.165, 1.54) is 6.07 Å². The summed E-state index contributed by atoms with van der Waals surface area (Å²) in [5.41, 5.74) is 3.12. The molecule has 0 N–H and O–H groups in total. The van der Waals surface area contributed by atoms with Crippen LogP contribution >= 0.6 is 11.6 Å². The summed E-state index contributed by atoms with van der Waals surface area (Å²) >= 11 is 6.34. The van der Waals surface area contributed by atoms with Crippen molar-refractivity contribution in [2.75, 3.05) is 0 Å². The van der Waals surface area contributed by atoms with Gasteiger partial charge >= 0.3 is 0 Å². The van der Waals surface area contributed by atoms with Gasteiger partial charge in [-0.2, -0.15) is 0 Å². The number of halogens is 3.